The molecule has 0 aliphatic carbocycles. The van der Waals surface area contributed by atoms with Crippen molar-refractivity contribution >= 4 is 22.8 Å². The van der Waals surface area contributed by atoms with Crippen LogP contribution in [0.25, 0.3) is 10.9 Å². The highest BCUT2D eigenvalue weighted by atomic mass is 16.5. The van der Waals surface area contributed by atoms with Crippen LogP contribution in [-0.4, -0.2) is 30.0 Å². The van der Waals surface area contributed by atoms with Crippen LogP contribution in [0.5, 0.6) is 0 Å². The minimum absolute atomic E-state index is 0.252. The SMILES string of the molecule is COC(=O)[C@@H](Cc1ccc(C#N)cc1)NC(=O)c1cccc2cccnc12. The number of benzene rings is 2. The fraction of sp³-hybridized carbons (Fsp3) is 0.143. The molecule has 6 heteroatoms. The van der Waals surface area contributed by atoms with Gasteiger partial charge >= 0.3 is 5.97 Å². The van der Waals surface area contributed by atoms with Crippen LogP contribution in [0, 0.1) is 11.3 Å². The first-order valence-corrected chi connectivity index (χ1v) is 8.34. The summed E-state index contributed by atoms with van der Waals surface area (Å²) in [6.07, 6.45) is 1.87. The summed E-state index contributed by atoms with van der Waals surface area (Å²) in [4.78, 5) is 29.2. The molecular weight excluding hydrogens is 342 g/mol. The number of esters is 1. The molecule has 1 heterocycles. The van der Waals surface area contributed by atoms with Crippen molar-refractivity contribution in [3.05, 3.63) is 77.5 Å². The molecule has 0 saturated carbocycles. The summed E-state index contributed by atoms with van der Waals surface area (Å²) in [5, 5.41) is 12.5. The number of ether oxygens (including phenoxy) is 1. The molecule has 1 N–H and O–H groups in total. The molecule has 0 unspecified atom stereocenters. The summed E-state index contributed by atoms with van der Waals surface area (Å²) >= 11 is 0. The Kier molecular flexibility index (Phi) is 5.43. The van der Waals surface area contributed by atoms with E-state index in [1.807, 2.05) is 18.2 Å². The molecule has 0 spiro atoms. The zero-order chi connectivity index (χ0) is 19.2. The second-order valence-corrected chi connectivity index (χ2v) is 5.94. The van der Waals surface area contributed by atoms with Crippen molar-refractivity contribution < 1.29 is 14.3 Å². The maximum Gasteiger partial charge on any atom is 0.328 e. The average molecular weight is 359 g/mol. The number of rotatable bonds is 5. The van der Waals surface area contributed by atoms with Crippen molar-refractivity contribution in [2.45, 2.75) is 12.5 Å². The highest BCUT2D eigenvalue weighted by Gasteiger charge is 2.23. The van der Waals surface area contributed by atoms with Gasteiger partial charge in [0.25, 0.3) is 5.91 Å². The number of nitriles is 1. The summed E-state index contributed by atoms with van der Waals surface area (Å²) < 4.78 is 4.83. The zero-order valence-corrected chi connectivity index (χ0v) is 14.7. The van der Waals surface area contributed by atoms with Crippen molar-refractivity contribution in [3.8, 4) is 6.07 Å². The van der Waals surface area contributed by atoms with Gasteiger partial charge in [-0.1, -0.05) is 30.3 Å². The Hall–Kier alpha value is -3.72. The van der Waals surface area contributed by atoms with Crippen LogP contribution in [0.3, 0.4) is 0 Å². The summed E-state index contributed by atoms with van der Waals surface area (Å²) in [6.45, 7) is 0. The van der Waals surface area contributed by atoms with E-state index in [0.29, 0.717) is 16.6 Å². The maximum atomic E-state index is 12.8. The molecule has 0 aliphatic heterocycles. The van der Waals surface area contributed by atoms with Gasteiger partial charge in [-0.2, -0.15) is 5.26 Å². The maximum absolute atomic E-state index is 12.8. The number of methoxy groups -OCH3 is 1. The monoisotopic (exact) mass is 359 g/mol. The number of hydrogen-bond donors (Lipinski definition) is 1. The summed E-state index contributed by atoms with van der Waals surface area (Å²) in [6, 6.07) is 17.0. The first-order chi connectivity index (χ1) is 13.1. The molecule has 27 heavy (non-hydrogen) atoms. The van der Waals surface area contributed by atoms with Gasteiger partial charge < -0.3 is 10.1 Å². The van der Waals surface area contributed by atoms with E-state index in [4.69, 9.17) is 10.00 Å². The van der Waals surface area contributed by atoms with E-state index in [2.05, 4.69) is 10.3 Å². The van der Waals surface area contributed by atoms with Gasteiger partial charge in [0.15, 0.2) is 0 Å². The second-order valence-electron chi connectivity index (χ2n) is 5.94. The number of aromatic nitrogens is 1. The number of amides is 1. The van der Waals surface area contributed by atoms with Crippen molar-refractivity contribution in [2.24, 2.45) is 0 Å². The molecule has 1 aromatic heterocycles. The first-order valence-electron chi connectivity index (χ1n) is 8.34. The van der Waals surface area contributed by atoms with Gasteiger partial charge in [0, 0.05) is 18.0 Å². The predicted octanol–water partition coefficient (Wildman–Crippen LogP) is 2.62. The van der Waals surface area contributed by atoms with Crippen LogP contribution in [0.2, 0.25) is 0 Å². The Morgan fingerprint density at radius 1 is 1.15 bits per heavy atom. The number of hydrogen-bond acceptors (Lipinski definition) is 5. The number of carbonyl (C=O) groups excluding carboxylic acids is 2. The van der Waals surface area contributed by atoms with E-state index in [1.54, 1.807) is 48.7 Å². The third-order valence-corrected chi connectivity index (χ3v) is 4.19. The summed E-state index contributed by atoms with van der Waals surface area (Å²) in [5.41, 5.74) is 2.29. The molecule has 6 nitrogen and oxygen atoms in total. The van der Waals surface area contributed by atoms with E-state index < -0.39 is 17.9 Å². The van der Waals surface area contributed by atoms with Gasteiger partial charge in [0.05, 0.1) is 29.8 Å². The normalized spacial score (nSPS) is 11.4. The number of pyridine rings is 1. The van der Waals surface area contributed by atoms with Crippen LogP contribution < -0.4 is 5.32 Å². The molecule has 0 saturated heterocycles. The van der Waals surface area contributed by atoms with Crippen molar-refractivity contribution in [1.29, 1.82) is 5.26 Å². The van der Waals surface area contributed by atoms with Gasteiger partial charge in [-0.15, -0.1) is 0 Å². The van der Waals surface area contributed by atoms with Crippen molar-refractivity contribution in [1.82, 2.24) is 10.3 Å². The second kappa shape index (κ2) is 8.11. The molecule has 1 amide bonds. The number of fused-ring (bicyclic) bond motifs is 1. The minimum Gasteiger partial charge on any atom is -0.467 e. The molecule has 3 aromatic rings. The van der Waals surface area contributed by atoms with Gasteiger partial charge in [0.2, 0.25) is 0 Å². The molecule has 134 valence electrons. The van der Waals surface area contributed by atoms with E-state index in [1.165, 1.54) is 7.11 Å². The molecule has 0 radical (unpaired) electrons. The zero-order valence-electron chi connectivity index (χ0n) is 14.7. The summed E-state index contributed by atoms with van der Waals surface area (Å²) in [5.74, 6) is -0.941. The Bertz CT molecular complexity index is 1020. The topological polar surface area (TPSA) is 92.1 Å². The first kappa shape index (κ1) is 18.1. The van der Waals surface area contributed by atoms with Crippen LogP contribution in [0.15, 0.2) is 60.8 Å². The lowest BCUT2D eigenvalue weighted by Crippen LogP contribution is -2.43. The largest absolute Gasteiger partial charge is 0.467 e. The van der Waals surface area contributed by atoms with Crippen molar-refractivity contribution in [3.63, 3.8) is 0 Å². The van der Waals surface area contributed by atoms with Crippen LogP contribution >= 0.6 is 0 Å². The lowest BCUT2D eigenvalue weighted by molar-refractivity contribution is -0.142. The Morgan fingerprint density at radius 2 is 1.89 bits per heavy atom. The quantitative estimate of drug-likeness (QED) is 0.707. The Morgan fingerprint density at radius 3 is 2.59 bits per heavy atom. The fourth-order valence-electron chi connectivity index (χ4n) is 2.81. The molecule has 0 fully saturated rings. The van der Waals surface area contributed by atoms with Crippen LogP contribution in [-0.2, 0) is 16.0 Å². The highest BCUT2D eigenvalue weighted by molar-refractivity contribution is 6.06. The van der Waals surface area contributed by atoms with E-state index in [0.717, 1.165) is 10.9 Å². The lowest BCUT2D eigenvalue weighted by atomic mass is 10.0. The Balaban J connectivity index is 1.84. The molecule has 3 rings (SSSR count). The van der Waals surface area contributed by atoms with E-state index >= 15 is 0 Å². The third-order valence-electron chi connectivity index (χ3n) is 4.19. The van der Waals surface area contributed by atoms with Gasteiger partial charge in [-0.25, -0.2) is 4.79 Å². The number of carbonyl (C=O) groups is 2. The number of para-hydroxylation sites is 1. The van der Waals surface area contributed by atoms with E-state index in [-0.39, 0.29) is 6.42 Å². The molecular formula is C21H17N3O3. The van der Waals surface area contributed by atoms with Crippen LogP contribution in [0.4, 0.5) is 0 Å². The summed E-state index contributed by atoms with van der Waals surface area (Å²) in [7, 11) is 1.28. The van der Waals surface area contributed by atoms with Crippen LogP contribution in [0.1, 0.15) is 21.5 Å². The number of nitrogens with one attached hydrogen (secondary N) is 1. The Labute approximate surface area is 156 Å². The molecule has 1 atom stereocenters. The van der Waals surface area contributed by atoms with Gasteiger partial charge in [-0.05, 0) is 29.8 Å². The molecule has 2 aromatic carbocycles. The van der Waals surface area contributed by atoms with Gasteiger partial charge in [-0.3, -0.25) is 9.78 Å². The smallest absolute Gasteiger partial charge is 0.328 e. The standard InChI is InChI=1S/C21H17N3O3/c1-27-21(26)18(12-14-7-9-15(13-22)10-8-14)24-20(25)17-6-2-4-16-5-3-11-23-19(16)17/h2-11,18H,12H2,1H3,(H,24,25)/t18-/m1/s1. The highest BCUT2D eigenvalue weighted by Crippen LogP contribution is 2.16. The number of nitrogens with zero attached hydrogens (tertiary/aromatic N) is 2. The van der Waals surface area contributed by atoms with Crippen molar-refractivity contribution in [2.75, 3.05) is 7.11 Å². The van der Waals surface area contributed by atoms with Gasteiger partial charge in [0.1, 0.15) is 6.04 Å². The molecule has 0 aliphatic rings. The fourth-order valence-corrected chi connectivity index (χ4v) is 2.81. The predicted molar refractivity (Wildman–Crippen MR) is 99.9 cm³/mol. The average Bonchev–Trinajstić information content (AvgIpc) is 2.72. The minimum atomic E-state index is -0.852. The van der Waals surface area contributed by atoms with E-state index in [9.17, 15) is 9.59 Å². The lowest BCUT2D eigenvalue weighted by Gasteiger charge is -2.17. The third kappa shape index (κ3) is 4.10. The molecule has 0 bridgehead atoms.